The molecule has 1 aliphatic rings. The third kappa shape index (κ3) is 3.92. The average Bonchev–Trinajstić information content (AvgIpc) is 2.46. The highest BCUT2D eigenvalue weighted by Crippen LogP contribution is 2.24. The van der Waals surface area contributed by atoms with Gasteiger partial charge in [0, 0.05) is 25.5 Å². The summed E-state index contributed by atoms with van der Waals surface area (Å²) in [6, 6.07) is 3.12. The molecule has 1 saturated heterocycles. The number of nitrogens with zero attached hydrogens (tertiary/aromatic N) is 2. The van der Waals surface area contributed by atoms with Crippen LogP contribution in [0.1, 0.15) is 6.42 Å². The Hall–Kier alpha value is -1.67. The number of ether oxygens (including phenoxy) is 2. The minimum Gasteiger partial charge on any atom is -0.469 e. The minimum atomic E-state index is -3.36. The van der Waals surface area contributed by atoms with Crippen LogP contribution in [0, 0.1) is 0 Å². The average molecular weight is 314 g/mol. The van der Waals surface area contributed by atoms with Crippen LogP contribution in [-0.2, 0) is 24.1 Å². The van der Waals surface area contributed by atoms with Crippen molar-refractivity contribution in [2.75, 3.05) is 38.0 Å². The molecule has 1 unspecified atom stereocenters. The first-order valence-electron chi connectivity index (χ1n) is 6.50. The fraction of sp³-hybridized carbons (Fsp3) is 0.538. The zero-order valence-electron chi connectivity index (χ0n) is 12.0. The van der Waals surface area contributed by atoms with E-state index >= 15 is 0 Å². The van der Waals surface area contributed by atoms with E-state index in [1.165, 1.54) is 13.2 Å². The fourth-order valence-corrected chi connectivity index (χ4v) is 3.05. The zero-order valence-corrected chi connectivity index (χ0v) is 12.8. The molecule has 116 valence electrons. The van der Waals surface area contributed by atoms with Crippen molar-refractivity contribution in [3.05, 3.63) is 18.3 Å². The Bertz CT molecular complexity index is 617. The number of hydrogen-bond acceptors (Lipinski definition) is 7. The van der Waals surface area contributed by atoms with Crippen molar-refractivity contribution in [1.82, 2.24) is 4.98 Å². The molecule has 1 fully saturated rings. The quantitative estimate of drug-likeness (QED) is 0.736. The first kappa shape index (κ1) is 15.7. The van der Waals surface area contributed by atoms with Gasteiger partial charge in [0.15, 0.2) is 9.84 Å². The number of carbonyl (C=O) groups is 1. The van der Waals surface area contributed by atoms with Crippen LogP contribution >= 0.6 is 0 Å². The van der Waals surface area contributed by atoms with Crippen molar-refractivity contribution >= 4 is 21.6 Å². The van der Waals surface area contributed by atoms with E-state index in [9.17, 15) is 13.2 Å². The monoisotopic (exact) mass is 314 g/mol. The van der Waals surface area contributed by atoms with Crippen LogP contribution in [-0.4, -0.2) is 58.5 Å². The van der Waals surface area contributed by atoms with E-state index in [2.05, 4.69) is 9.72 Å². The van der Waals surface area contributed by atoms with E-state index in [-0.39, 0.29) is 23.4 Å². The molecule has 1 aliphatic heterocycles. The molecule has 1 atom stereocenters. The Kier molecular flexibility index (Phi) is 4.79. The summed E-state index contributed by atoms with van der Waals surface area (Å²) >= 11 is 0. The van der Waals surface area contributed by atoms with Crippen molar-refractivity contribution in [3.63, 3.8) is 0 Å². The predicted molar refractivity (Wildman–Crippen MR) is 75.9 cm³/mol. The zero-order chi connectivity index (χ0) is 15.5. The number of rotatable bonds is 4. The van der Waals surface area contributed by atoms with Gasteiger partial charge in [-0.05, 0) is 12.1 Å². The molecule has 0 bridgehead atoms. The molecule has 0 amide bonds. The lowest BCUT2D eigenvalue weighted by atomic mass is 10.2. The SMILES string of the molecule is COC(=O)CC1CN(c2ncccc2S(C)(=O)=O)CCO1. The van der Waals surface area contributed by atoms with Gasteiger partial charge in [-0.1, -0.05) is 0 Å². The van der Waals surface area contributed by atoms with Crippen molar-refractivity contribution in [1.29, 1.82) is 0 Å². The first-order valence-corrected chi connectivity index (χ1v) is 8.39. The number of morpholine rings is 1. The summed E-state index contributed by atoms with van der Waals surface area (Å²) in [5.41, 5.74) is 0. The van der Waals surface area contributed by atoms with Crippen molar-refractivity contribution in [2.24, 2.45) is 0 Å². The topological polar surface area (TPSA) is 85.8 Å². The standard InChI is InChI=1S/C13H18N2O5S/c1-19-12(16)8-10-9-15(6-7-20-10)13-11(21(2,17)18)4-3-5-14-13/h3-5,10H,6-9H2,1-2H3. The predicted octanol–water partition coefficient (Wildman–Crippen LogP) is 0.253. The summed E-state index contributed by atoms with van der Waals surface area (Å²) < 4.78 is 33.8. The molecule has 0 saturated carbocycles. The van der Waals surface area contributed by atoms with Crippen LogP contribution in [0.4, 0.5) is 5.82 Å². The molecule has 0 N–H and O–H groups in total. The second-order valence-electron chi connectivity index (χ2n) is 4.82. The fourth-order valence-electron chi connectivity index (χ4n) is 2.21. The third-order valence-electron chi connectivity index (χ3n) is 3.21. The maximum atomic E-state index is 11.8. The van der Waals surface area contributed by atoms with Gasteiger partial charge in [-0.3, -0.25) is 4.79 Å². The Morgan fingerprint density at radius 2 is 2.33 bits per heavy atom. The van der Waals surface area contributed by atoms with Gasteiger partial charge in [-0.2, -0.15) is 0 Å². The van der Waals surface area contributed by atoms with Gasteiger partial charge >= 0.3 is 5.97 Å². The molecule has 1 aromatic rings. The van der Waals surface area contributed by atoms with Crippen LogP contribution in [0.15, 0.2) is 23.2 Å². The van der Waals surface area contributed by atoms with E-state index in [0.29, 0.717) is 25.5 Å². The lowest BCUT2D eigenvalue weighted by molar-refractivity contribution is -0.144. The third-order valence-corrected chi connectivity index (χ3v) is 4.33. The number of carbonyl (C=O) groups excluding carboxylic acids is 1. The molecule has 0 radical (unpaired) electrons. The lowest BCUT2D eigenvalue weighted by Gasteiger charge is -2.34. The Balaban J connectivity index is 2.21. The van der Waals surface area contributed by atoms with Gasteiger partial charge in [0.25, 0.3) is 0 Å². The first-order chi connectivity index (χ1) is 9.91. The van der Waals surface area contributed by atoms with Gasteiger partial charge in [-0.15, -0.1) is 0 Å². The number of anilines is 1. The summed E-state index contributed by atoms with van der Waals surface area (Å²) in [6.45, 7) is 1.33. The highest BCUT2D eigenvalue weighted by molar-refractivity contribution is 7.90. The van der Waals surface area contributed by atoms with Gasteiger partial charge < -0.3 is 14.4 Å². The molecule has 2 rings (SSSR count). The number of sulfone groups is 1. The maximum absolute atomic E-state index is 11.8. The Morgan fingerprint density at radius 3 is 3.00 bits per heavy atom. The highest BCUT2D eigenvalue weighted by Gasteiger charge is 2.27. The van der Waals surface area contributed by atoms with Gasteiger partial charge in [0.05, 0.1) is 26.2 Å². The van der Waals surface area contributed by atoms with Crippen LogP contribution in [0.2, 0.25) is 0 Å². The molecule has 8 heteroatoms. The van der Waals surface area contributed by atoms with Crippen LogP contribution < -0.4 is 4.90 Å². The number of methoxy groups -OCH3 is 1. The molecule has 0 aliphatic carbocycles. The molecule has 1 aromatic heterocycles. The van der Waals surface area contributed by atoms with Gasteiger partial charge in [-0.25, -0.2) is 13.4 Å². The van der Waals surface area contributed by atoms with Crippen molar-refractivity contribution < 1.29 is 22.7 Å². The van der Waals surface area contributed by atoms with Gasteiger partial charge in [0.1, 0.15) is 10.7 Å². The minimum absolute atomic E-state index is 0.133. The summed E-state index contributed by atoms with van der Waals surface area (Å²) in [7, 11) is -2.04. The van der Waals surface area contributed by atoms with Crippen LogP contribution in [0.3, 0.4) is 0 Å². The second kappa shape index (κ2) is 6.40. The molecular formula is C13H18N2O5S. The van der Waals surface area contributed by atoms with Crippen LogP contribution in [0.25, 0.3) is 0 Å². The number of hydrogen-bond donors (Lipinski definition) is 0. The van der Waals surface area contributed by atoms with E-state index in [4.69, 9.17) is 4.74 Å². The summed E-state index contributed by atoms with van der Waals surface area (Å²) in [5.74, 6) is 0.0457. The van der Waals surface area contributed by atoms with E-state index < -0.39 is 9.84 Å². The lowest BCUT2D eigenvalue weighted by Crippen LogP contribution is -2.44. The summed E-state index contributed by atoms with van der Waals surface area (Å²) in [5, 5.41) is 0. The molecule has 7 nitrogen and oxygen atoms in total. The summed E-state index contributed by atoms with van der Waals surface area (Å²) in [6.07, 6.45) is 2.50. The Labute approximate surface area is 123 Å². The molecule has 2 heterocycles. The largest absolute Gasteiger partial charge is 0.469 e. The summed E-state index contributed by atoms with van der Waals surface area (Å²) in [4.78, 5) is 17.5. The maximum Gasteiger partial charge on any atom is 0.308 e. The highest BCUT2D eigenvalue weighted by atomic mass is 32.2. The van der Waals surface area contributed by atoms with E-state index in [1.807, 2.05) is 4.90 Å². The van der Waals surface area contributed by atoms with Crippen molar-refractivity contribution in [3.8, 4) is 0 Å². The van der Waals surface area contributed by atoms with Crippen LogP contribution in [0.5, 0.6) is 0 Å². The number of pyridine rings is 1. The van der Waals surface area contributed by atoms with Crippen molar-refractivity contribution in [2.45, 2.75) is 17.4 Å². The van der Waals surface area contributed by atoms with E-state index in [1.54, 1.807) is 12.3 Å². The Morgan fingerprint density at radius 1 is 1.57 bits per heavy atom. The molecule has 0 aromatic carbocycles. The second-order valence-corrected chi connectivity index (χ2v) is 6.80. The molecule has 21 heavy (non-hydrogen) atoms. The molecular weight excluding hydrogens is 296 g/mol. The van der Waals surface area contributed by atoms with E-state index in [0.717, 1.165) is 6.26 Å². The normalized spacial score (nSPS) is 19.3. The smallest absolute Gasteiger partial charge is 0.308 e. The number of esters is 1. The number of aromatic nitrogens is 1. The van der Waals surface area contributed by atoms with Gasteiger partial charge in [0.2, 0.25) is 0 Å². The molecule has 0 spiro atoms.